The van der Waals surface area contributed by atoms with E-state index >= 15 is 0 Å². The number of hydrogen-bond acceptors (Lipinski definition) is 3. The summed E-state index contributed by atoms with van der Waals surface area (Å²) in [5.41, 5.74) is 4.65. The molecule has 4 rings (SSSR count). The molecule has 3 aromatic heterocycles. The molecule has 0 aliphatic carbocycles. The van der Waals surface area contributed by atoms with E-state index in [9.17, 15) is 0 Å². The molecular formula is C20H20GeN2O. The summed E-state index contributed by atoms with van der Waals surface area (Å²) in [5.74, 6) is 7.15. The zero-order valence-electron chi connectivity index (χ0n) is 14.4. The molecule has 0 aliphatic heterocycles. The molecule has 0 N–H and O–H groups in total. The number of pyridine rings is 2. The van der Waals surface area contributed by atoms with Crippen molar-refractivity contribution in [3.63, 3.8) is 0 Å². The molecule has 4 heteroatoms. The number of fused-ring (bicyclic) bond motifs is 3. The van der Waals surface area contributed by atoms with E-state index in [4.69, 9.17) is 9.40 Å². The first-order valence-corrected chi connectivity index (χ1v) is 15.5. The molecule has 0 saturated heterocycles. The van der Waals surface area contributed by atoms with E-state index in [2.05, 4.69) is 58.8 Å². The number of hydrogen-bond donors (Lipinski definition) is 0. The van der Waals surface area contributed by atoms with Crippen molar-refractivity contribution >= 4 is 39.7 Å². The van der Waals surface area contributed by atoms with Gasteiger partial charge in [-0.05, 0) is 0 Å². The molecule has 0 saturated carbocycles. The zero-order valence-corrected chi connectivity index (χ0v) is 16.5. The molecule has 120 valence electrons. The zero-order chi connectivity index (χ0) is 16.9. The minimum absolute atomic E-state index is 0.700. The van der Waals surface area contributed by atoms with Gasteiger partial charge in [-0.1, -0.05) is 0 Å². The summed E-state index contributed by atoms with van der Waals surface area (Å²) in [6.07, 6.45) is 2.05. The molecule has 0 aliphatic rings. The summed E-state index contributed by atoms with van der Waals surface area (Å²) in [7, 11) is 0. The van der Waals surface area contributed by atoms with Gasteiger partial charge in [0.2, 0.25) is 0 Å². The van der Waals surface area contributed by atoms with Gasteiger partial charge in [0.15, 0.2) is 0 Å². The first-order valence-electron chi connectivity index (χ1n) is 8.19. The summed E-state index contributed by atoms with van der Waals surface area (Å²) in [6.45, 7) is 1.98. The van der Waals surface area contributed by atoms with Crippen LogP contribution in [0.1, 0.15) is 5.69 Å². The Hall–Kier alpha value is -2.14. The van der Waals surface area contributed by atoms with Crippen molar-refractivity contribution in [3.8, 4) is 11.3 Å². The van der Waals surface area contributed by atoms with Crippen LogP contribution in [0.4, 0.5) is 0 Å². The fraction of sp³-hybridized carbons (Fsp3) is 0.200. The van der Waals surface area contributed by atoms with Crippen molar-refractivity contribution in [2.75, 3.05) is 0 Å². The van der Waals surface area contributed by atoms with E-state index in [1.807, 2.05) is 19.1 Å². The topological polar surface area (TPSA) is 38.9 Å². The van der Waals surface area contributed by atoms with Crippen molar-refractivity contribution in [1.29, 1.82) is 0 Å². The standard InChI is InChI=1S/C20H20GeN2O/c1-13-5-8-16-17-11-14(6-10-19(17)24-20(16)23-13)18-9-7-15(12-22-18)21(2,3)4/h5-12H,1-4H3. The van der Waals surface area contributed by atoms with E-state index < -0.39 is 13.3 Å². The van der Waals surface area contributed by atoms with Gasteiger partial charge in [0.05, 0.1) is 0 Å². The third-order valence-corrected chi connectivity index (χ3v) is 8.66. The maximum atomic E-state index is 5.86. The first-order chi connectivity index (χ1) is 11.4. The predicted octanol–water partition coefficient (Wildman–Crippen LogP) is 4.90. The average Bonchev–Trinajstić information content (AvgIpc) is 2.90. The monoisotopic (exact) mass is 378 g/mol. The summed E-state index contributed by atoms with van der Waals surface area (Å²) in [5, 5.41) is 2.15. The molecule has 0 amide bonds. The molecule has 0 spiro atoms. The molecule has 24 heavy (non-hydrogen) atoms. The Labute approximate surface area is 144 Å². The van der Waals surface area contributed by atoms with Crippen LogP contribution < -0.4 is 4.40 Å². The van der Waals surface area contributed by atoms with Crippen molar-refractivity contribution in [2.24, 2.45) is 0 Å². The fourth-order valence-corrected chi connectivity index (χ4v) is 5.09. The van der Waals surface area contributed by atoms with Gasteiger partial charge in [0.25, 0.3) is 0 Å². The molecule has 3 nitrogen and oxygen atoms in total. The Bertz CT molecular complexity index is 1040. The van der Waals surface area contributed by atoms with Crippen molar-refractivity contribution in [1.82, 2.24) is 9.97 Å². The van der Waals surface area contributed by atoms with Gasteiger partial charge in [-0.25, -0.2) is 0 Å². The van der Waals surface area contributed by atoms with Gasteiger partial charge in [0, 0.05) is 0 Å². The summed E-state index contributed by atoms with van der Waals surface area (Å²) in [4.78, 5) is 9.18. The van der Waals surface area contributed by atoms with Gasteiger partial charge in [-0.2, -0.15) is 0 Å². The van der Waals surface area contributed by atoms with Crippen LogP contribution >= 0.6 is 0 Å². The molecule has 0 radical (unpaired) electrons. The summed E-state index contributed by atoms with van der Waals surface area (Å²) < 4.78 is 7.29. The Kier molecular flexibility index (Phi) is 3.50. The minimum atomic E-state index is -1.82. The Balaban J connectivity index is 1.84. The van der Waals surface area contributed by atoms with Crippen molar-refractivity contribution in [2.45, 2.75) is 24.2 Å². The first kappa shape index (κ1) is 15.4. The number of nitrogens with zero attached hydrogens (tertiary/aromatic N) is 2. The second-order valence-electron chi connectivity index (χ2n) is 7.30. The second kappa shape index (κ2) is 5.45. The van der Waals surface area contributed by atoms with Crippen molar-refractivity contribution in [3.05, 3.63) is 54.4 Å². The molecular weight excluding hydrogens is 357 g/mol. The predicted molar refractivity (Wildman–Crippen MR) is 102 cm³/mol. The molecule has 0 fully saturated rings. The van der Waals surface area contributed by atoms with Gasteiger partial charge >= 0.3 is 144 Å². The molecule has 3 heterocycles. The summed E-state index contributed by atoms with van der Waals surface area (Å²) in [6, 6.07) is 14.7. The van der Waals surface area contributed by atoms with Crippen LogP contribution in [0.2, 0.25) is 17.3 Å². The van der Waals surface area contributed by atoms with E-state index in [1.165, 1.54) is 4.40 Å². The molecule has 1 aromatic carbocycles. The number of furan rings is 1. The number of aryl methyl sites for hydroxylation is 1. The van der Waals surface area contributed by atoms with E-state index in [0.29, 0.717) is 5.71 Å². The van der Waals surface area contributed by atoms with E-state index in [0.717, 1.165) is 33.3 Å². The van der Waals surface area contributed by atoms with E-state index in [1.54, 1.807) is 0 Å². The maximum absolute atomic E-state index is 5.86. The van der Waals surface area contributed by atoms with Crippen LogP contribution in [-0.2, 0) is 0 Å². The van der Waals surface area contributed by atoms with Crippen LogP contribution in [-0.4, -0.2) is 23.2 Å². The van der Waals surface area contributed by atoms with Crippen LogP contribution in [0.5, 0.6) is 0 Å². The van der Waals surface area contributed by atoms with Gasteiger partial charge in [0.1, 0.15) is 0 Å². The SMILES string of the molecule is Cc1ccc2c(n1)oc1ccc(-c3cc[c]([Ge]([CH3])([CH3])[CH3])cn3)cc12. The summed E-state index contributed by atoms with van der Waals surface area (Å²) >= 11 is -1.82. The van der Waals surface area contributed by atoms with Crippen LogP contribution in [0.15, 0.2) is 53.1 Å². The Morgan fingerprint density at radius 3 is 2.46 bits per heavy atom. The number of benzene rings is 1. The van der Waals surface area contributed by atoms with Crippen molar-refractivity contribution < 1.29 is 4.42 Å². The third-order valence-electron chi connectivity index (χ3n) is 4.40. The van der Waals surface area contributed by atoms with Crippen LogP contribution in [0.3, 0.4) is 0 Å². The fourth-order valence-electron chi connectivity index (χ4n) is 2.92. The Morgan fingerprint density at radius 1 is 0.917 bits per heavy atom. The Morgan fingerprint density at radius 2 is 1.75 bits per heavy atom. The molecule has 0 bridgehead atoms. The van der Waals surface area contributed by atoms with Gasteiger partial charge in [-0.3, -0.25) is 0 Å². The third kappa shape index (κ3) is 2.63. The van der Waals surface area contributed by atoms with E-state index in [-0.39, 0.29) is 0 Å². The quantitative estimate of drug-likeness (QED) is 0.467. The number of aromatic nitrogens is 2. The second-order valence-corrected chi connectivity index (χ2v) is 18.0. The molecule has 0 atom stereocenters. The van der Waals surface area contributed by atoms with Gasteiger partial charge in [-0.15, -0.1) is 0 Å². The number of rotatable bonds is 2. The van der Waals surface area contributed by atoms with Gasteiger partial charge < -0.3 is 0 Å². The average molecular weight is 377 g/mol. The molecule has 4 aromatic rings. The molecule has 0 unspecified atom stereocenters. The van der Waals surface area contributed by atoms with Crippen LogP contribution in [0.25, 0.3) is 33.3 Å². The normalized spacial score (nSPS) is 12.2. The van der Waals surface area contributed by atoms with Crippen LogP contribution in [0, 0.1) is 6.92 Å².